The Hall–Kier alpha value is -1.08. The number of hydrogen-bond donors (Lipinski definition) is 1. The first kappa shape index (κ1) is 12.0. The molecule has 0 amide bonds. The fraction of sp³-hybridized carbons (Fsp3) is 0.625. The molecule has 84 valence electrons. The van der Waals surface area contributed by atoms with Crippen molar-refractivity contribution >= 4 is 17.7 Å². The van der Waals surface area contributed by atoms with Crippen LogP contribution in [0, 0.1) is 0 Å². The van der Waals surface area contributed by atoms with Gasteiger partial charge in [0.25, 0.3) is 0 Å². The van der Waals surface area contributed by atoms with E-state index in [-0.39, 0.29) is 5.25 Å². The Bertz CT molecular complexity index is 341. The average Bonchev–Trinajstić information content (AvgIpc) is 2.62. The molecule has 0 saturated carbocycles. The SMILES string of the molecule is COC(=O)[C@H](N)[C@H](C)Sc1nncn1C. The lowest BCUT2D eigenvalue weighted by Gasteiger charge is -2.15. The van der Waals surface area contributed by atoms with Gasteiger partial charge in [-0.05, 0) is 0 Å². The molecule has 2 N–H and O–H groups in total. The first-order valence-corrected chi connectivity index (χ1v) is 5.28. The molecule has 0 fully saturated rings. The van der Waals surface area contributed by atoms with Gasteiger partial charge in [-0.2, -0.15) is 0 Å². The molecular formula is C8H14N4O2S. The summed E-state index contributed by atoms with van der Waals surface area (Å²) in [7, 11) is 3.15. The fourth-order valence-electron chi connectivity index (χ4n) is 0.947. The molecule has 1 heterocycles. The number of carbonyl (C=O) groups excluding carboxylic acids is 1. The summed E-state index contributed by atoms with van der Waals surface area (Å²) in [6, 6.07) is -0.656. The van der Waals surface area contributed by atoms with Crippen LogP contribution in [0.3, 0.4) is 0 Å². The van der Waals surface area contributed by atoms with Crippen molar-refractivity contribution in [2.75, 3.05) is 7.11 Å². The molecule has 0 aromatic carbocycles. The summed E-state index contributed by atoms with van der Waals surface area (Å²) in [5.41, 5.74) is 5.69. The molecule has 1 aromatic rings. The van der Waals surface area contributed by atoms with Crippen LogP contribution in [0.5, 0.6) is 0 Å². The largest absolute Gasteiger partial charge is 0.468 e. The number of aryl methyl sites for hydroxylation is 1. The van der Waals surface area contributed by atoms with Gasteiger partial charge in [0.05, 0.1) is 7.11 Å². The van der Waals surface area contributed by atoms with Gasteiger partial charge in [0.2, 0.25) is 0 Å². The summed E-state index contributed by atoms with van der Waals surface area (Å²) in [6.45, 7) is 1.85. The molecule has 1 rings (SSSR count). The average molecular weight is 230 g/mol. The number of nitrogens with zero attached hydrogens (tertiary/aromatic N) is 3. The van der Waals surface area contributed by atoms with E-state index in [0.717, 1.165) is 5.16 Å². The number of ether oxygens (including phenoxy) is 1. The van der Waals surface area contributed by atoms with E-state index in [1.165, 1.54) is 18.9 Å². The highest BCUT2D eigenvalue weighted by atomic mass is 32.2. The second-order valence-electron chi connectivity index (χ2n) is 3.10. The summed E-state index contributed by atoms with van der Waals surface area (Å²) in [5.74, 6) is -0.419. The Morgan fingerprint density at radius 1 is 1.73 bits per heavy atom. The van der Waals surface area contributed by atoms with E-state index in [4.69, 9.17) is 5.73 Å². The number of aromatic nitrogens is 3. The lowest BCUT2D eigenvalue weighted by Crippen LogP contribution is -2.39. The van der Waals surface area contributed by atoms with E-state index in [9.17, 15) is 4.79 Å². The maximum absolute atomic E-state index is 11.2. The van der Waals surface area contributed by atoms with E-state index in [0.29, 0.717) is 0 Å². The Balaban J connectivity index is 2.59. The third-order valence-electron chi connectivity index (χ3n) is 1.94. The molecule has 7 heteroatoms. The Kier molecular flexibility index (Phi) is 4.10. The maximum atomic E-state index is 11.2. The van der Waals surface area contributed by atoms with Crippen LogP contribution in [-0.4, -0.2) is 39.1 Å². The molecule has 1 aromatic heterocycles. The monoisotopic (exact) mass is 230 g/mol. The van der Waals surface area contributed by atoms with E-state index in [2.05, 4.69) is 14.9 Å². The Labute approximate surface area is 92.2 Å². The van der Waals surface area contributed by atoms with Gasteiger partial charge in [-0.25, -0.2) is 0 Å². The molecule has 0 saturated heterocycles. The zero-order valence-corrected chi connectivity index (χ0v) is 9.69. The third-order valence-corrected chi connectivity index (χ3v) is 3.19. The quantitative estimate of drug-likeness (QED) is 0.569. The van der Waals surface area contributed by atoms with Crippen molar-refractivity contribution in [3.63, 3.8) is 0 Å². The number of esters is 1. The van der Waals surface area contributed by atoms with Gasteiger partial charge in [-0.1, -0.05) is 18.7 Å². The van der Waals surface area contributed by atoms with Crippen LogP contribution in [0.15, 0.2) is 11.5 Å². The van der Waals surface area contributed by atoms with Gasteiger partial charge in [-0.15, -0.1) is 10.2 Å². The minimum absolute atomic E-state index is 0.111. The maximum Gasteiger partial charge on any atom is 0.323 e. The molecule has 0 spiro atoms. The van der Waals surface area contributed by atoms with Gasteiger partial charge < -0.3 is 15.0 Å². The van der Waals surface area contributed by atoms with Crippen molar-refractivity contribution in [3.05, 3.63) is 6.33 Å². The molecule has 0 aliphatic carbocycles. The molecule has 0 aliphatic rings. The topological polar surface area (TPSA) is 83.0 Å². The number of thioether (sulfide) groups is 1. The number of carbonyl (C=O) groups is 1. The number of hydrogen-bond acceptors (Lipinski definition) is 6. The fourth-order valence-corrected chi connectivity index (χ4v) is 1.84. The lowest BCUT2D eigenvalue weighted by atomic mass is 10.2. The van der Waals surface area contributed by atoms with Gasteiger partial charge in [0.15, 0.2) is 5.16 Å². The van der Waals surface area contributed by atoms with Crippen LogP contribution in [0.4, 0.5) is 0 Å². The highest BCUT2D eigenvalue weighted by Crippen LogP contribution is 2.21. The van der Waals surface area contributed by atoms with Crippen LogP contribution in [0.1, 0.15) is 6.92 Å². The van der Waals surface area contributed by atoms with Crippen molar-refractivity contribution in [1.29, 1.82) is 0 Å². The highest BCUT2D eigenvalue weighted by molar-refractivity contribution is 7.99. The molecule has 0 aliphatic heterocycles. The zero-order valence-electron chi connectivity index (χ0n) is 8.88. The van der Waals surface area contributed by atoms with Crippen LogP contribution in [0.25, 0.3) is 0 Å². The zero-order chi connectivity index (χ0) is 11.4. The Morgan fingerprint density at radius 3 is 2.87 bits per heavy atom. The van der Waals surface area contributed by atoms with Crippen LogP contribution in [-0.2, 0) is 16.6 Å². The normalized spacial score (nSPS) is 14.7. The summed E-state index contributed by atoms with van der Waals surface area (Å²) < 4.78 is 6.33. The minimum atomic E-state index is -0.656. The second-order valence-corrected chi connectivity index (χ2v) is 4.44. The third kappa shape index (κ3) is 2.93. The summed E-state index contributed by atoms with van der Waals surface area (Å²) >= 11 is 1.39. The summed E-state index contributed by atoms with van der Waals surface area (Å²) in [5, 5.41) is 8.24. The number of nitrogens with two attached hydrogens (primary N) is 1. The van der Waals surface area contributed by atoms with Gasteiger partial charge in [-0.3, -0.25) is 4.79 Å². The molecule has 0 unspecified atom stereocenters. The smallest absolute Gasteiger partial charge is 0.323 e. The summed E-state index contributed by atoms with van der Waals surface area (Å²) in [6.07, 6.45) is 1.60. The van der Waals surface area contributed by atoms with Crippen LogP contribution >= 0.6 is 11.8 Å². The van der Waals surface area contributed by atoms with Crippen molar-refractivity contribution in [2.45, 2.75) is 23.4 Å². The van der Waals surface area contributed by atoms with Crippen molar-refractivity contribution < 1.29 is 9.53 Å². The van der Waals surface area contributed by atoms with Gasteiger partial charge in [0.1, 0.15) is 12.4 Å². The van der Waals surface area contributed by atoms with Crippen molar-refractivity contribution in [2.24, 2.45) is 12.8 Å². The molecule has 0 bridgehead atoms. The van der Waals surface area contributed by atoms with Crippen molar-refractivity contribution in [1.82, 2.24) is 14.8 Å². The molecule has 2 atom stereocenters. The predicted octanol–water partition coefficient (Wildman–Crippen LogP) is -0.204. The minimum Gasteiger partial charge on any atom is -0.468 e. The molecular weight excluding hydrogens is 216 g/mol. The first-order valence-electron chi connectivity index (χ1n) is 4.40. The van der Waals surface area contributed by atoms with E-state index >= 15 is 0 Å². The van der Waals surface area contributed by atoms with E-state index in [1.54, 1.807) is 10.9 Å². The first-order chi connectivity index (χ1) is 7.06. The number of rotatable bonds is 4. The Morgan fingerprint density at radius 2 is 2.40 bits per heavy atom. The van der Waals surface area contributed by atoms with Crippen LogP contribution in [0.2, 0.25) is 0 Å². The van der Waals surface area contributed by atoms with Gasteiger partial charge in [0, 0.05) is 12.3 Å². The molecule has 0 radical (unpaired) electrons. The van der Waals surface area contributed by atoms with E-state index in [1.807, 2.05) is 14.0 Å². The lowest BCUT2D eigenvalue weighted by molar-refractivity contribution is -0.142. The standard InChI is InChI=1S/C8H14N4O2S/c1-5(6(9)7(13)14-3)15-8-11-10-4-12(8)2/h4-6H,9H2,1-3H3/t5-,6+/m0/s1. The van der Waals surface area contributed by atoms with Crippen molar-refractivity contribution in [3.8, 4) is 0 Å². The number of methoxy groups -OCH3 is 1. The van der Waals surface area contributed by atoms with Gasteiger partial charge >= 0.3 is 5.97 Å². The molecule has 15 heavy (non-hydrogen) atoms. The van der Waals surface area contributed by atoms with Crippen LogP contribution < -0.4 is 5.73 Å². The summed E-state index contributed by atoms with van der Waals surface area (Å²) in [4.78, 5) is 11.2. The molecule has 6 nitrogen and oxygen atoms in total. The highest BCUT2D eigenvalue weighted by Gasteiger charge is 2.23. The predicted molar refractivity (Wildman–Crippen MR) is 56.3 cm³/mol. The van der Waals surface area contributed by atoms with E-state index < -0.39 is 12.0 Å². The second kappa shape index (κ2) is 5.13.